The molecule has 0 spiro atoms. The van der Waals surface area contributed by atoms with Crippen LogP contribution in [0.25, 0.3) is 10.6 Å². The molecule has 86 valence electrons. The molecule has 0 aliphatic carbocycles. The molecule has 0 radical (unpaired) electrons. The van der Waals surface area contributed by atoms with Crippen LogP contribution in [0.2, 0.25) is 0 Å². The molecular weight excluding hydrogens is 228 g/mol. The van der Waals surface area contributed by atoms with Gasteiger partial charge in [0.15, 0.2) is 0 Å². The molecule has 0 aliphatic rings. The van der Waals surface area contributed by atoms with Gasteiger partial charge in [-0.1, -0.05) is 23.8 Å². The average molecular weight is 242 g/mol. The van der Waals surface area contributed by atoms with E-state index in [1.165, 1.54) is 16.0 Å². The third-order valence-electron chi connectivity index (χ3n) is 2.62. The largest absolute Gasteiger partial charge is 0.241 e. The lowest BCUT2D eigenvalue weighted by molar-refractivity contribution is 1.01. The fourth-order valence-electron chi connectivity index (χ4n) is 1.73. The number of rotatable bonds is 3. The molecule has 2 nitrogen and oxygen atoms in total. The molecule has 0 unspecified atom stereocenters. The normalized spacial score (nSPS) is 10.2. The van der Waals surface area contributed by atoms with Gasteiger partial charge in [0.1, 0.15) is 5.01 Å². The summed E-state index contributed by atoms with van der Waals surface area (Å²) in [6.07, 6.45) is 1.38. The number of hydrogen-bond acceptors (Lipinski definition) is 3. The highest BCUT2D eigenvalue weighted by Crippen LogP contribution is 2.29. The van der Waals surface area contributed by atoms with Gasteiger partial charge in [-0.25, -0.2) is 4.98 Å². The van der Waals surface area contributed by atoms with Gasteiger partial charge in [-0.05, 0) is 26.3 Å². The van der Waals surface area contributed by atoms with Crippen LogP contribution in [0.4, 0.5) is 0 Å². The summed E-state index contributed by atoms with van der Waals surface area (Å²) in [5.74, 6) is 0. The van der Waals surface area contributed by atoms with E-state index in [-0.39, 0.29) is 0 Å². The summed E-state index contributed by atoms with van der Waals surface area (Å²) in [4.78, 5) is 5.81. The van der Waals surface area contributed by atoms with E-state index in [9.17, 15) is 0 Å². The van der Waals surface area contributed by atoms with E-state index in [0.717, 1.165) is 17.1 Å². The SMILES string of the molecule is Cc1cccc(-c2nc(C)c(CCC#N)s2)c1. The molecule has 0 atom stereocenters. The first-order valence-corrected chi connectivity index (χ1v) is 6.42. The van der Waals surface area contributed by atoms with E-state index >= 15 is 0 Å². The zero-order valence-corrected chi connectivity index (χ0v) is 10.8. The molecule has 0 saturated heterocycles. The van der Waals surface area contributed by atoms with Crippen molar-refractivity contribution in [2.45, 2.75) is 26.7 Å². The van der Waals surface area contributed by atoms with Crippen molar-refractivity contribution in [2.75, 3.05) is 0 Å². The van der Waals surface area contributed by atoms with Crippen molar-refractivity contribution in [1.29, 1.82) is 5.26 Å². The maximum atomic E-state index is 8.61. The Labute approximate surface area is 106 Å². The maximum absolute atomic E-state index is 8.61. The standard InChI is InChI=1S/C14H14N2S/c1-10-5-3-6-12(9-10)14-16-11(2)13(17-14)7-4-8-15/h3,5-6,9H,4,7H2,1-2H3. The van der Waals surface area contributed by atoms with Gasteiger partial charge in [0.05, 0.1) is 11.8 Å². The first-order valence-electron chi connectivity index (χ1n) is 5.61. The molecule has 1 heterocycles. The van der Waals surface area contributed by atoms with Gasteiger partial charge >= 0.3 is 0 Å². The van der Waals surface area contributed by atoms with Gasteiger partial charge in [-0.15, -0.1) is 11.3 Å². The number of thiazole rings is 1. The van der Waals surface area contributed by atoms with Crippen LogP contribution >= 0.6 is 11.3 Å². The summed E-state index contributed by atoms with van der Waals surface area (Å²) < 4.78 is 0. The predicted molar refractivity (Wildman–Crippen MR) is 71.0 cm³/mol. The number of nitrogens with zero attached hydrogens (tertiary/aromatic N) is 2. The van der Waals surface area contributed by atoms with Crippen molar-refractivity contribution >= 4 is 11.3 Å². The molecule has 0 saturated carbocycles. The summed E-state index contributed by atoms with van der Waals surface area (Å²) in [6, 6.07) is 10.5. The Bertz CT molecular complexity index is 564. The third-order valence-corrected chi connectivity index (χ3v) is 3.89. The highest BCUT2D eigenvalue weighted by molar-refractivity contribution is 7.15. The Morgan fingerprint density at radius 3 is 2.88 bits per heavy atom. The Morgan fingerprint density at radius 1 is 1.35 bits per heavy atom. The molecule has 2 aromatic rings. The second kappa shape index (κ2) is 5.11. The monoisotopic (exact) mass is 242 g/mol. The fraction of sp³-hybridized carbons (Fsp3) is 0.286. The molecular formula is C14H14N2S. The van der Waals surface area contributed by atoms with E-state index in [0.29, 0.717) is 6.42 Å². The summed E-state index contributed by atoms with van der Waals surface area (Å²) in [7, 11) is 0. The molecule has 0 bridgehead atoms. The first-order chi connectivity index (χ1) is 8.20. The van der Waals surface area contributed by atoms with E-state index in [1.54, 1.807) is 11.3 Å². The van der Waals surface area contributed by atoms with Crippen molar-refractivity contribution in [3.63, 3.8) is 0 Å². The molecule has 2 rings (SSSR count). The van der Waals surface area contributed by atoms with Crippen LogP contribution < -0.4 is 0 Å². The number of benzene rings is 1. The summed E-state index contributed by atoms with van der Waals surface area (Å²) >= 11 is 1.70. The van der Waals surface area contributed by atoms with E-state index < -0.39 is 0 Å². The molecule has 0 N–H and O–H groups in total. The minimum absolute atomic E-state index is 0.566. The zero-order chi connectivity index (χ0) is 12.3. The van der Waals surface area contributed by atoms with Crippen molar-refractivity contribution in [2.24, 2.45) is 0 Å². The molecule has 1 aromatic heterocycles. The number of aryl methyl sites for hydroxylation is 3. The van der Waals surface area contributed by atoms with Gasteiger partial charge in [0.2, 0.25) is 0 Å². The molecule has 0 aliphatic heterocycles. The van der Waals surface area contributed by atoms with Crippen LogP contribution in [-0.4, -0.2) is 4.98 Å². The van der Waals surface area contributed by atoms with Gasteiger partial charge < -0.3 is 0 Å². The highest BCUT2D eigenvalue weighted by Gasteiger charge is 2.08. The van der Waals surface area contributed by atoms with Gasteiger partial charge in [0, 0.05) is 16.9 Å². The first kappa shape index (κ1) is 11.8. The lowest BCUT2D eigenvalue weighted by atomic mass is 10.1. The van der Waals surface area contributed by atoms with Crippen molar-refractivity contribution < 1.29 is 0 Å². The van der Waals surface area contributed by atoms with Crippen molar-refractivity contribution in [3.05, 3.63) is 40.4 Å². The van der Waals surface area contributed by atoms with Crippen molar-refractivity contribution in [3.8, 4) is 16.6 Å². The van der Waals surface area contributed by atoms with Crippen LogP contribution in [-0.2, 0) is 6.42 Å². The average Bonchev–Trinajstić information content (AvgIpc) is 2.68. The van der Waals surface area contributed by atoms with Crippen LogP contribution in [0.5, 0.6) is 0 Å². The quantitative estimate of drug-likeness (QED) is 0.819. The lowest BCUT2D eigenvalue weighted by Crippen LogP contribution is -1.82. The van der Waals surface area contributed by atoms with Crippen LogP contribution in [0, 0.1) is 25.2 Å². The van der Waals surface area contributed by atoms with Gasteiger partial charge in [-0.3, -0.25) is 0 Å². The minimum atomic E-state index is 0.566. The molecule has 0 amide bonds. The van der Waals surface area contributed by atoms with Crippen LogP contribution in [0.3, 0.4) is 0 Å². The Kier molecular flexibility index (Phi) is 3.55. The second-order valence-electron chi connectivity index (χ2n) is 4.06. The highest BCUT2D eigenvalue weighted by atomic mass is 32.1. The maximum Gasteiger partial charge on any atom is 0.123 e. The Hall–Kier alpha value is -1.66. The predicted octanol–water partition coefficient (Wildman–Crippen LogP) is 3.88. The molecule has 17 heavy (non-hydrogen) atoms. The minimum Gasteiger partial charge on any atom is -0.241 e. The molecule has 0 fully saturated rings. The Balaban J connectivity index is 2.31. The number of hydrogen-bond donors (Lipinski definition) is 0. The fourth-order valence-corrected chi connectivity index (χ4v) is 2.79. The smallest absolute Gasteiger partial charge is 0.123 e. The summed E-state index contributed by atoms with van der Waals surface area (Å²) in [5.41, 5.74) is 3.47. The van der Waals surface area contributed by atoms with Crippen LogP contribution in [0.1, 0.15) is 22.6 Å². The Morgan fingerprint density at radius 2 is 2.18 bits per heavy atom. The van der Waals surface area contributed by atoms with E-state index in [4.69, 9.17) is 5.26 Å². The summed E-state index contributed by atoms with van der Waals surface area (Å²) in [5, 5.41) is 9.67. The number of aromatic nitrogens is 1. The summed E-state index contributed by atoms with van der Waals surface area (Å²) in [6.45, 7) is 4.10. The van der Waals surface area contributed by atoms with Crippen molar-refractivity contribution in [1.82, 2.24) is 4.98 Å². The van der Waals surface area contributed by atoms with E-state index in [1.807, 2.05) is 6.92 Å². The van der Waals surface area contributed by atoms with E-state index in [2.05, 4.69) is 42.2 Å². The zero-order valence-electron chi connectivity index (χ0n) is 10.0. The molecule has 1 aromatic carbocycles. The third kappa shape index (κ3) is 2.72. The van der Waals surface area contributed by atoms with Crippen LogP contribution in [0.15, 0.2) is 24.3 Å². The lowest BCUT2D eigenvalue weighted by Gasteiger charge is -1.96. The van der Waals surface area contributed by atoms with Gasteiger partial charge in [-0.2, -0.15) is 5.26 Å². The molecule has 3 heteroatoms. The topological polar surface area (TPSA) is 36.7 Å². The van der Waals surface area contributed by atoms with Gasteiger partial charge in [0.25, 0.3) is 0 Å². The number of nitriles is 1. The second-order valence-corrected chi connectivity index (χ2v) is 5.14.